The molecule has 0 bridgehead atoms. The zero-order chi connectivity index (χ0) is 10.8. The van der Waals surface area contributed by atoms with Crippen LogP contribution in [0.2, 0.25) is 0 Å². The highest BCUT2D eigenvalue weighted by atomic mass is 16.3. The molecule has 0 radical (unpaired) electrons. The zero-order valence-corrected chi connectivity index (χ0v) is 7.97. The lowest BCUT2D eigenvalue weighted by Gasteiger charge is -2.19. The highest BCUT2D eigenvalue weighted by molar-refractivity contribution is 5.98. The Morgan fingerprint density at radius 1 is 1.47 bits per heavy atom. The molecule has 2 rings (SSSR count). The van der Waals surface area contributed by atoms with Gasteiger partial charge in [0.15, 0.2) is 5.96 Å². The summed E-state index contributed by atoms with van der Waals surface area (Å²) in [5.41, 5.74) is 6.06. The van der Waals surface area contributed by atoms with E-state index in [4.69, 9.17) is 5.73 Å². The number of guanidine groups is 1. The first kappa shape index (κ1) is 9.51. The van der Waals surface area contributed by atoms with Gasteiger partial charge in [0.25, 0.3) is 0 Å². The highest BCUT2D eigenvalue weighted by Gasteiger charge is 2.22. The van der Waals surface area contributed by atoms with Crippen LogP contribution in [0, 0.1) is 0 Å². The Labute approximate surface area is 86.6 Å². The molecule has 0 saturated carbocycles. The largest absolute Gasteiger partial charge is 0.508 e. The van der Waals surface area contributed by atoms with Crippen molar-refractivity contribution >= 4 is 11.9 Å². The summed E-state index contributed by atoms with van der Waals surface area (Å²) in [4.78, 5) is 15.3. The van der Waals surface area contributed by atoms with E-state index >= 15 is 0 Å². The number of hydrogen-bond acceptors (Lipinski definition) is 4. The zero-order valence-electron chi connectivity index (χ0n) is 7.97. The van der Waals surface area contributed by atoms with E-state index in [-0.39, 0.29) is 30.1 Å². The first-order valence-corrected chi connectivity index (χ1v) is 4.58. The Morgan fingerprint density at radius 3 is 2.87 bits per heavy atom. The van der Waals surface area contributed by atoms with Gasteiger partial charge in [-0.2, -0.15) is 0 Å². The molecule has 0 spiro atoms. The average Bonchev–Trinajstić information content (AvgIpc) is 2.16. The molecule has 1 heterocycles. The Morgan fingerprint density at radius 2 is 2.20 bits per heavy atom. The molecule has 0 aliphatic carbocycles. The number of para-hydroxylation sites is 1. The highest BCUT2D eigenvalue weighted by Crippen LogP contribution is 2.29. The van der Waals surface area contributed by atoms with Gasteiger partial charge in [0, 0.05) is 5.56 Å². The van der Waals surface area contributed by atoms with E-state index < -0.39 is 0 Å². The van der Waals surface area contributed by atoms with Crippen molar-refractivity contribution in [1.29, 1.82) is 0 Å². The molecule has 1 aromatic rings. The minimum Gasteiger partial charge on any atom is -0.508 e. The van der Waals surface area contributed by atoms with Crippen molar-refractivity contribution in [2.45, 2.75) is 12.5 Å². The Hall–Kier alpha value is -2.04. The number of aliphatic imine (C=N–C) groups is 1. The molecule has 0 unspecified atom stereocenters. The molecule has 1 aromatic carbocycles. The Balaban J connectivity index is 2.36. The Bertz CT molecular complexity index is 428. The summed E-state index contributed by atoms with van der Waals surface area (Å²) in [5, 5.41) is 12.0. The van der Waals surface area contributed by atoms with E-state index in [2.05, 4.69) is 10.3 Å². The van der Waals surface area contributed by atoms with Gasteiger partial charge in [0.2, 0.25) is 5.91 Å². The van der Waals surface area contributed by atoms with Crippen LogP contribution >= 0.6 is 0 Å². The number of phenols is 1. The van der Waals surface area contributed by atoms with Gasteiger partial charge in [0.1, 0.15) is 5.75 Å². The van der Waals surface area contributed by atoms with Crippen LogP contribution in [0.25, 0.3) is 0 Å². The first-order valence-electron chi connectivity index (χ1n) is 4.58. The Kier molecular flexibility index (Phi) is 2.29. The summed E-state index contributed by atoms with van der Waals surface area (Å²) in [7, 11) is 0. The molecule has 0 fully saturated rings. The second-order valence-corrected chi connectivity index (χ2v) is 3.34. The van der Waals surface area contributed by atoms with Crippen LogP contribution in [0.5, 0.6) is 5.75 Å². The van der Waals surface area contributed by atoms with Crippen molar-refractivity contribution in [3.05, 3.63) is 29.8 Å². The smallest absolute Gasteiger partial charge is 0.229 e. The number of carbonyl (C=O) groups excluding carboxylic acids is 1. The van der Waals surface area contributed by atoms with Gasteiger partial charge in [-0.15, -0.1) is 0 Å². The maximum atomic E-state index is 11.2. The summed E-state index contributed by atoms with van der Waals surface area (Å²) in [5.74, 6) is 0.0454. The van der Waals surface area contributed by atoms with Gasteiger partial charge in [-0.3, -0.25) is 10.1 Å². The van der Waals surface area contributed by atoms with Gasteiger partial charge in [-0.1, -0.05) is 18.2 Å². The maximum Gasteiger partial charge on any atom is 0.229 e. The molecule has 0 saturated heterocycles. The van der Waals surface area contributed by atoms with Crippen molar-refractivity contribution in [2.75, 3.05) is 0 Å². The number of carbonyl (C=O) groups is 1. The standard InChI is InChI=1S/C10H11N3O2/c11-10-12-7(5-9(15)13-10)6-3-1-2-4-8(6)14/h1-4,7,14H,5H2,(H3,11,12,13,15)/t7-/m0/s1. The topological polar surface area (TPSA) is 87.7 Å². The minimum absolute atomic E-state index is 0.0968. The third kappa shape index (κ3) is 1.90. The van der Waals surface area contributed by atoms with E-state index in [9.17, 15) is 9.90 Å². The van der Waals surface area contributed by atoms with Crippen LogP contribution < -0.4 is 11.1 Å². The van der Waals surface area contributed by atoms with Crippen molar-refractivity contribution in [3.63, 3.8) is 0 Å². The first-order chi connectivity index (χ1) is 7.16. The number of aromatic hydroxyl groups is 1. The molecular formula is C10H11N3O2. The SMILES string of the molecule is NC1=N[C@H](c2ccccc2O)CC(=O)N1. The van der Waals surface area contributed by atoms with E-state index in [1.165, 1.54) is 0 Å². The molecule has 4 N–H and O–H groups in total. The van der Waals surface area contributed by atoms with Gasteiger partial charge >= 0.3 is 0 Å². The molecule has 1 amide bonds. The lowest BCUT2D eigenvalue weighted by atomic mass is 10.0. The normalized spacial score (nSPS) is 20.7. The number of hydrogen-bond donors (Lipinski definition) is 3. The predicted octanol–water partition coefficient (Wildman–Crippen LogP) is 0.268. The molecule has 15 heavy (non-hydrogen) atoms. The van der Waals surface area contributed by atoms with E-state index in [0.29, 0.717) is 5.56 Å². The summed E-state index contributed by atoms with van der Waals surface area (Å²) >= 11 is 0. The monoisotopic (exact) mass is 205 g/mol. The molecule has 1 aliphatic rings. The molecule has 1 atom stereocenters. The maximum absolute atomic E-state index is 11.2. The van der Waals surface area contributed by atoms with Crippen LogP contribution in [-0.4, -0.2) is 17.0 Å². The molecule has 5 heteroatoms. The lowest BCUT2D eigenvalue weighted by molar-refractivity contribution is -0.120. The number of rotatable bonds is 1. The van der Waals surface area contributed by atoms with Gasteiger partial charge < -0.3 is 10.8 Å². The number of nitrogens with two attached hydrogens (primary N) is 1. The second kappa shape index (κ2) is 3.61. The third-order valence-electron chi connectivity index (χ3n) is 2.24. The number of benzene rings is 1. The summed E-state index contributed by atoms with van der Waals surface area (Å²) < 4.78 is 0. The van der Waals surface area contributed by atoms with Crippen molar-refractivity contribution in [1.82, 2.24) is 5.32 Å². The van der Waals surface area contributed by atoms with Crippen LogP contribution in [-0.2, 0) is 4.79 Å². The lowest BCUT2D eigenvalue weighted by Crippen LogP contribution is -2.41. The number of nitrogens with one attached hydrogen (secondary N) is 1. The second-order valence-electron chi connectivity index (χ2n) is 3.34. The van der Waals surface area contributed by atoms with Crippen LogP contribution in [0.15, 0.2) is 29.3 Å². The number of nitrogens with zero attached hydrogens (tertiary/aromatic N) is 1. The summed E-state index contributed by atoms with van der Waals surface area (Å²) in [6.07, 6.45) is 0.207. The van der Waals surface area contributed by atoms with Gasteiger partial charge in [-0.05, 0) is 6.07 Å². The molecule has 0 aromatic heterocycles. The predicted molar refractivity (Wildman–Crippen MR) is 55.2 cm³/mol. The van der Waals surface area contributed by atoms with Crippen molar-refractivity contribution < 1.29 is 9.90 Å². The van der Waals surface area contributed by atoms with E-state index in [1.54, 1.807) is 24.3 Å². The van der Waals surface area contributed by atoms with Gasteiger partial charge in [-0.25, -0.2) is 4.99 Å². The van der Waals surface area contributed by atoms with Gasteiger partial charge in [0.05, 0.1) is 12.5 Å². The summed E-state index contributed by atoms with van der Waals surface area (Å²) in [6, 6.07) is 6.41. The third-order valence-corrected chi connectivity index (χ3v) is 2.24. The number of amides is 1. The fraction of sp³-hybridized carbons (Fsp3) is 0.200. The van der Waals surface area contributed by atoms with Crippen LogP contribution in [0.4, 0.5) is 0 Å². The fourth-order valence-corrected chi connectivity index (χ4v) is 1.56. The molecule has 1 aliphatic heterocycles. The average molecular weight is 205 g/mol. The fourth-order valence-electron chi connectivity index (χ4n) is 1.56. The quantitative estimate of drug-likeness (QED) is 0.614. The summed E-state index contributed by atoms with van der Waals surface area (Å²) in [6.45, 7) is 0. The van der Waals surface area contributed by atoms with Crippen LogP contribution in [0.1, 0.15) is 18.0 Å². The molecule has 5 nitrogen and oxygen atoms in total. The van der Waals surface area contributed by atoms with Crippen molar-refractivity contribution in [2.24, 2.45) is 10.7 Å². The molecule has 78 valence electrons. The molecular weight excluding hydrogens is 194 g/mol. The van der Waals surface area contributed by atoms with Crippen LogP contribution in [0.3, 0.4) is 0 Å². The van der Waals surface area contributed by atoms with Crippen molar-refractivity contribution in [3.8, 4) is 5.75 Å². The number of phenolic OH excluding ortho intramolecular Hbond substituents is 1. The van der Waals surface area contributed by atoms with E-state index in [0.717, 1.165) is 0 Å². The minimum atomic E-state index is -0.389. The van der Waals surface area contributed by atoms with E-state index in [1.807, 2.05) is 0 Å².